The van der Waals surface area contributed by atoms with E-state index in [1.165, 1.54) is 13.2 Å². The number of anilines is 1. The minimum absolute atomic E-state index is 0.0584. The first-order valence-corrected chi connectivity index (χ1v) is 16.2. The van der Waals surface area contributed by atoms with Crippen molar-refractivity contribution in [1.82, 2.24) is 29.1 Å². The molecule has 2 amide bonds. The average molecular weight is 667 g/mol. The maximum absolute atomic E-state index is 15.7. The Morgan fingerprint density at radius 1 is 1.06 bits per heavy atom. The lowest BCUT2D eigenvalue weighted by Crippen LogP contribution is -2.55. The van der Waals surface area contributed by atoms with Crippen molar-refractivity contribution in [2.75, 3.05) is 52.1 Å². The number of imidazole rings is 1. The zero-order chi connectivity index (χ0) is 34.7. The van der Waals surface area contributed by atoms with Gasteiger partial charge in [0.2, 0.25) is 0 Å². The van der Waals surface area contributed by atoms with Gasteiger partial charge in [0.1, 0.15) is 51.8 Å². The minimum Gasteiger partial charge on any atom is -0.457 e. The van der Waals surface area contributed by atoms with Gasteiger partial charge in [-0.25, -0.2) is 19.2 Å². The fourth-order valence-corrected chi connectivity index (χ4v) is 6.66. The summed E-state index contributed by atoms with van der Waals surface area (Å²) in [4.78, 5) is 40.4. The molecule has 2 N–H and O–H groups in total. The van der Waals surface area contributed by atoms with E-state index in [2.05, 4.69) is 16.0 Å². The lowest BCUT2D eigenvalue weighted by atomic mass is 9.94. The van der Waals surface area contributed by atoms with E-state index in [9.17, 15) is 14.9 Å². The van der Waals surface area contributed by atoms with Crippen LogP contribution in [0.1, 0.15) is 38.4 Å². The number of carbonyl (C=O) groups excluding carboxylic acids is 2. The zero-order valence-corrected chi connectivity index (χ0v) is 27.8. The predicted molar refractivity (Wildman–Crippen MR) is 181 cm³/mol. The Labute approximate surface area is 284 Å². The van der Waals surface area contributed by atoms with E-state index in [-0.39, 0.29) is 34.9 Å². The summed E-state index contributed by atoms with van der Waals surface area (Å²) >= 11 is 0. The summed E-state index contributed by atoms with van der Waals surface area (Å²) in [5, 5.41) is 10.1. The van der Waals surface area contributed by atoms with Gasteiger partial charge in [0, 0.05) is 74.7 Å². The van der Waals surface area contributed by atoms with Crippen LogP contribution in [0.2, 0.25) is 0 Å². The van der Waals surface area contributed by atoms with Gasteiger partial charge in [-0.3, -0.25) is 14.1 Å². The summed E-state index contributed by atoms with van der Waals surface area (Å²) in [6.07, 6.45) is 6.09. The third-order valence-electron chi connectivity index (χ3n) is 9.23. The zero-order valence-electron chi connectivity index (χ0n) is 27.8. The molecule has 0 spiro atoms. The number of halogens is 1. The van der Waals surface area contributed by atoms with Crippen molar-refractivity contribution >= 4 is 23.3 Å². The van der Waals surface area contributed by atoms with Gasteiger partial charge < -0.3 is 25.0 Å². The smallest absolute Gasteiger partial charge is 0.409 e. The van der Waals surface area contributed by atoms with E-state index in [0.29, 0.717) is 74.2 Å². The molecular weight excluding hydrogens is 627 g/mol. The van der Waals surface area contributed by atoms with Crippen LogP contribution in [0.3, 0.4) is 0 Å². The SMILES string of the molecule is COC(=O)N1CCN(C(C)(C)/C=C(/C#N)C(=O)N2CCC[C@@H](c3nc(-c4ccc(Oc5ccccc5)cc4F)c4c(N)nccn34)C2)CC1. The molecule has 0 bridgehead atoms. The highest BCUT2D eigenvalue weighted by Crippen LogP contribution is 2.36. The van der Waals surface area contributed by atoms with Crippen molar-refractivity contribution in [2.24, 2.45) is 0 Å². The number of nitrogen functional groups attached to an aromatic ring is 1. The Morgan fingerprint density at radius 3 is 2.51 bits per heavy atom. The van der Waals surface area contributed by atoms with Crippen molar-refractivity contribution in [3.8, 4) is 28.8 Å². The molecule has 2 saturated heterocycles. The van der Waals surface area contributed by atoms with Gasteiger partial charge in [-0.1, -0.05) is 18.2 Å². The van der Waals surface area contributed by atoms with Crippen LogP contribution in [0.15, 0.2) is 72.6 Å². The first kappa shape index (κ1) is 33.4. The number of rotatable bonds is 7. The van der Waals surface area contributed by atoms with Crippen LogP contribution in [-0.4, -0.2) is 93.0 Å². The number of aromatic nitrogens is 3. The minimum atomic E-state index is -0.609. The fourth-order valence-electron chi connectivity index (χ4n) is 6.66. The Hall–Kier alpha value is -5.48. The van der Waals surface area contributed by atoms with E-state index in [0.717, 1.165) is 6.42 Å². The van der Waals surface area contributed by atoms with Gasteiger partial charge in [-0.05, 0) is 57.0 Å². The molecule has 0 aliphatic carbocycles. The molecule has 4 aromatic rings. The molecule has 0 saturated carbocycles. The van der Waals surface area contributed by atoms with Crippen molar-refractivity contribution in [3.05, 3.63) is 84.2 Å². The highest BCUT2D eigenvalue weighted by Gasteiger charge is 2.34. The first-order valence-electron chi connectivity index (χ1n) is 16.2. The second-order valence-corrected chi connectivity index (χ2v) is 12.8. The highest BCUT2D eigenvalue weighted by molar-refractivity contribution is 5.97. The summed E-state index contributed by atoms with van der Waals surface area (Å²) in [5.74, 6) is 0.684. The molecule has 1 atom stereocenters. The van der Waals surface area contributed by atoms with E-state index >= 15 is 4.39 Å². The van der Waals surface area contributed by atoms with E-state index in [1.54, 1.807) is 52.5 Å². The molecule has 0 radical (unpaired) electrons. The molecule has 49 heavy (non-hydrogen) atoms. The number of nitriles is 1. The number of carbonyl (C=O) groups is 2. The maximum Gasteiger partial charge on any atom is 0.409 e. The van der Waals surface area contributed by atoms with Crippen LogP contribution in [0, 0.1) is 17.1 Å². The Bertz CT molecular complexity index is 1930. The number of hydrogen-bond donors (Lipinski definition) is 1. The first-order chi connectivity index (χ1) is 23.6. The van der Waals surface area contributed by atoms with Gasteiger partial charge >= 0.3 is 6.09 Å². The second kappa shape index (κ2) is 13.9. The molecule has 6 rings (SSSR count). The van der Waals surface area contributed by atoms with Crippen LogP contribution >= 0.6 is 0 Å². The number of piperazine rings is 1. The molecule has 2 fully saturated rings. The van der Waals surface area contributed by atoms with Crippen molar-refractivity contribution < 1.29 is 23.5 Å². The third kappa shape index (κ3) is 6.91. The molecule has 254 valence electrons. The van der Waals surface area contributed by atoms with Gasteiger partial charge in [0.25, 0.3) is 5.91 Å². The largest absolute Gasteiger partial charge is 0.457 e. The van der Waals surface area contributed by atoms with Crippen LogP contribution in [0.5, 0.6) is 11.5 Å². The van der Waals surface area contributed by atoms with E-state index < -0.39 is 11.4 Å². The standard InChI is InChI=1S/C36H39FN8O4/c1-36(2,44-18-16-42(17-19-44)35(47)48-3)21-25(22-38)34(46)43-14-7-8-24(23-43)33-41-30(31-32(39)40-13-15-45(31)33)28-12-11-27(20-29(28)37)49-26-9-5-4-6-10-26/h4-6,9-13,15,20-21,24H,7-8,14,16-19,23H2,1-3H3,(H2,39,40)/b25-21-/t24-/m1/s1. The van der Waals surface area contributed by atoms with Crippen molar-refractivity contribution in [2.45, 2.75) is 38.1 Å². The number of para-hydroxylation sites is 1. The number of methoxy groups -OCH3 is 1. The summed E-state index contributed by atoms with van der Waals surface area (Å²) in [7, 11) is 1.36. The molecule has 2 aromatic carbocycles. The Kier molecular flexibility index (Phi) is 9.51. The van der Waals surface area contributed by atoms with Crippen LogP contribution in [0.4, 0.5) is 15.0 Å². The van der Waals surface area contributed by atoms with Crippen molar-refractivity contribution in [3.63, 3.8) is 0 Å². The topological polar surface area (TPSA) is 142 Å². The number of fused-ring (bicyclic) bond motifs is 1. The number of hydrogen-bond acceptors (Lipinski definition) is 9. The Morgan fingerprint density at radius 2 is 1.82 bits per heavy atom. The number of benzene rings is 2. The molecule has 13 heteroatoms. The summed E-state index contributed by atoms with van der Waals surface area (Å²) in [6, 6.07) is 15.9. The van der Waals surface area contributed by atoms with Crippen LogP contribution in [0.25, 0.3) is 16.8 Å². The molecule has 4 heterocycles. The lowest BCUT2D eigenvalue weighted by molar-refractivity contribution is -0.128. The predicted octanol–water partition coefficient (Wildman–Crippen LogP) is 5.23. The van der Waals surface area contributed by atoms with Crippen molar-refractivity contribution in [1.29, 1.82) is 5.26 Å². The average Bonchev–Trinajstić information content (AvgIpc) is 3.51. The van der Waals surface area contributed by atoms with Gasteiger partial charge in [-0.2, -0.15) is 5.26 Å². The number of piperidine rings is 1. The third-order valence-corrected chi connectivity index (χ3v) is 9.23. The van der Waals surface area contributed by atoms with Gasteiger partial charge in [0.05, 0.1) is 7.11 Å². The quantitative estimate of drug-likeness (QED) is 0.207. The fraction of sp³-hybridized carbons (Fsp3) is 0.361. The summed E-state index contributed by atoms with van der Waals surface area (Å²) in [6.45, 7) is 6.86. The molecule has 0 unspecified atom stereocenters. The van der Waals surface area contributed by atoms with Gasteiger partial charge in [0.15, 0.2) is 0 Å². The van der Waals surface area contributed by atoms with Crippen LogP contribution < -0.4 is 10.5 Å². The number of nitrogens with two attached hydrogens (primary N) is 1. The number of ether oxygens (including phenoxy) is 2. The Balaban J connectivity index is 1.23. The maximum atomic E-state index is 15.7. The monoisotopic (exact) mass is 666 g/mol. The normalized spacial score (nSPS) is 17.5. The number of nitrogens with zero attached hydrogens (tertiary/aromatic N) is 7. The molecule has 2 aromatic heterocycles. The molecular formula is C36H39FN8O4. The van der Waals surface area contributed by atoms with E-state index in [1.807, 2.05) is 36.4 Å². The number of likely N-dealkylation sites (tertiary alicyclic amines) is 1. The summed E-state index contributed by atoms with van der Waals surface area (Å²) in [5.41, 5.74) is 6.86. The van der Waals surface area contributed by atoms with Crippen LogP contribution in [-0.2, 0) is 9.53 Å². The summed E-state index contributed by atoms with van der Waals surface area (Å²) < 4.78 is 28.2. The van der Waals surface area contributed by atoms with Gasteiger partial charge in [-0.15, -0.1) is 0 Å². The van der Waals surface area contributed by atoms with E-state index in [4.69, 9.17) is 20.2 Å². The second-order valence-electron chi connectivity index (χ2n) is 12.8. The number of amides is 2. The molecule has 2 aliphatic rings. The molecule has 2 aliphatic heterocycles. The molecule has 12 nitrogen and oxygen atoms in total. The highest BCUT2D eigenvalue weighted by atomic mass is 19.1. The lowest BCUT2D eigenvalue weighted by Gasteiger charge is -2.42.